The Hall–Kier alpha value is -1.65. The van der Waals surface area contributed by atoms with Gasteiger partial charge in [0.15, 0.2) is 10.5 Å². The third-order valence-electron chi connectivity index (χ3n) is 3.34. The molecule has 0 aliphatic heterocycles. The maximum atomic E-state index is 12.6. The van der Waals surface area contributed by atoms with Gasteiger partial charge in [-0.2, -0.15) is 0 Å². The number of carbonyl (C=O) groups excluding carboxylic acids is 1. The number of hydrogen-bond donors (Lipinski definition) is 0. The van der Waals surface area contributed by atoms with E-state index >= 15 is 0 Å². The van der Waals surface area contributed by atoms with Crippen LogP contribution in [0.5, 0.6) is 0 Å². The van der Waals surface area contributed by atoms with E-state index in [0.29, 0.717) is 0 Å². The molecule has 0 saturated carbocycles. The van der Waals surface area contributed by atoms with E-state index in [1.807, 2.05) is 42.5 Å². The van der Waals surface area contributed by atoms with Crippen molar-refractivity contribution in [2.45, 2.75) is 13.3 Å². The Kier molecular flexibility index (Phi) is 4.08. The average molecular weight is 314 g/mol. The second kappa shape index (κ2) is 6.00. The highest BCUT2D eigenvalue weighted by molar-refractivity contribution is 8.13. The standard InChI is InChI=1S/C17H14O2S2/c1-11(18)20-9-8-12-6-7-16-14(10-12)17(19)13-4-2-3-5-15(13)21-16/h2-7,10H,8-9H2,1H3. The molecule has 1 aromatic heterocycles. The van der Waals surface area contributed by atoms with Gasteiger partial charge in [-0.1, -0.05) is 30.0 Å². The fraction of sp³-hybridized carbons (Fsp3) is 0.176. The quantitative estimate of drug-likeness (QED) is 0.678. The zero-order chi connectivity index (χ0) is 14.8. The van der Waals surface area contributed by atoms with Crippen molar-refractivity contribution in [1.82, 2.24) is 0 Å². The molecule has 1 heterocycles. The molecular formula is C17H14O2S2. The Morgan fingerprint density at radius 1 is 1.10 bits per heavy atom. The Bertz CT molecular complexity index is 881. The summed E-state index contributed by atoms with van der Waals surface area (Å²) in [6.07, 6.45) is 0.803. The van der Waals surface area contributed by atoms with E-state index in [0.717, 1.165) is 37.9 Å². The minimum Gasteiger partial charge on any atom is -0.289 e. The Labute approximate surface area is 130 Å². The summed E-state index contributed by atoms with van der Waals surface area (Å²) in [5.41, 5.74) is 1.20. The normalized spacial score (nSPS) is 11.1. The van der Waals surface area contributed by atoms with Gasteiger partial charge in [0, 0.05) is 32.8 Å². The van der Waals surface area contributed by atoms with E-state index in [-0.39, 0.29) is 10.5 Å². The van der Waals surface area contributed by atoms with Crippen LogP contribution in [0, 0.1) is 0 Å². The monoisotopic (exact) mass is 314 g/mol. The van der Waals surface area contributed by atoms with Crippen molar-refractivity contribution >= 4 is 48.4 Å². The van der Waals surface area contributed by atoms with Crippen LogP contribution in [0.1, 0.15) is 12.5 Å². The number of aryl methyl sites for hydroxylation is 1. The first-order valence-electron chi connectivity index (χ1n) is 6.73. The molecule has 0 amide bonds. The summed E-state index contributed by atoms with van der Waals surface area (Å²) in [4.78, 5) is 23.5. The second-order valence-corrected chi connectivity index (χ2v) is 7.20. The van der Waals surface area contributed by atoms with Crippen LogP contribution in [0.25, 0.3) is 20.2 Å². The molecule has 3 aromatic rings. The zero-order valence-electron chi connectivity index (χ0n) is 11.6. The van der Waals surface area contributed by atoms with E-state index in [4.69, 9.17) is 0 Å². The van der Waals surface area contributed by atoms with Crippen molar-refractivity contribution in [3.63, 3.8) is 0 Å². The Balaban J connectivity index is 2.04. The summed E-state index contributed by atoms with van der Waals surface area (Å²) >= 11 is 2.97. The number of benzene rings is 2. The predicted octanol–water partition coefficient (Wildman–Crippen LogP) is 4.24. The van der Waals surface area contributed by atoms with Crippen LogP contribution in [0.3, 0.4) is 0 Å². The highest BCUT2D eigenvalue weighted by Crippen LogP contribution is 2.25. The molecule has 0 aliphatic rings. The van der Waals surface area contributed by atoms with Gasteiger partial charge in [0.05, 0.1) is 0 Å². The maximum Gasteiger partial charge on any atom is 0.195 e. The van der Waals surface area contributed by atoms with Crippen LogP contribution >= 0.6 is 23.1 Å². The van der Waals surface area contributed by atoms with Gasteiger partial charge in [-0.15, -0.1) is 11.3 Å². The zero-order valence-corrected chi connectivity index (χ0v) is 13.2. The highest BCUT2D eigenvalue weighted by Gasteiger charge is 2.06. The van der Waals surface area contributed by atoms with Crippen molar-refractivity contribution in [1.29, 1.82) is 0 Å². The minimum atomic E-state index is 0.0976. The predicted molar refractivity (Wildman–Crippen MR) is 92.4 cm³/mol. The molecule has 21 heavy (non-hydrogen) atoms. The molecule has 2 aromatic carbocycles. The van der Waals surface area contributed by atoms with Crippen molar-refractivity contribution < 1.29 is 4.79 Å². The third-order valence-corrected chi connectivity index (χ3v) is 5.30. The highest BCUT2D eigenvalue weighted by atomic mass is 32.2. The number of fused-ring (bicyclic) bond motifs is 2. The first kappa shape index (κ1) is 14.3. The summed E-state index contributed by atoms with van der Waals surface area (Å²) < 4.78 is 2.04. The molecule has 2 nitrogen and oxygen atoms in total. The summed E-state index contributed by atoms with van der Waals surface area (Å²) in [5.74, 6) is 0.756. The molecule has 0 unspecified atom stereocenters. The van der Waals surface area contributed by atoms with Gasteiger partial charge in [-0.05, 0) is 36.2 Å². The average Bonchev–Trinajstić information content (AvgIpc) is 2.48. The maximum absolute atomic E-state index is 12.6. The Morgan fingerprint density at radius 3 is 2.67 bits per heavy atom. The van der Waals surface area contributed by atoms with Crippen molar-refractivity contribution in [2.75, 3.05) is 5.75 Å². The van der Waals surface area contributed by atoms with Gasteiger partial charge in [0.25, 0.3) is 0 Å². The van der Waals surface area contributed by atoms with Crippen LogP contribution in [-0.4, -0.2) is 10.9 Å². The van der Waals surface area contributed by atoms with Crippen LogP contribution in [-0.2, 0) is 11.2 Å². The molecule has 0 bridgehead atoms. The lowest BCUT2D eigenvalue weighted by Crippen LogP contribution is -2.02. The van der Waals surface area contributed by atoms with Crippen molar-refractivity contribution in [3.8, 4) is 0 Å². The number of carbonyl (C=O) groups is 1. The molecule has 0 aliphatic carbocycles. The molecule has 3 rings (SSSR count). The molecule has 106 valence electrons. The van der Waals surface area contributed by atoms with Crippen molar-refractivity contribution in [2.24, 2.45) is 0 Å². The fourth-order valence-corrected chi connectivity index (χ4v) is 4.00. The number of hydrogen-bond acceptors (Lipinski definition) is 4. The van der Waals surface area contributed by atoms with Crippen LogP contribution < -0.4 is 5.43 Å². The summed E-state index contributed by atoms with van der Waals surface area (Å²) in [6.45, 7) is 1.58. The van der Waals surface area contributed by atoms with Gasteiger partial charge in [-0.3, -0.25) is 9.59 Å². The van der Waals surface area contributed by atoms with E-state index in [9.17, 15) is 9.59 Å². The lowest BCUT2D eigenvalue weighted by atomic mass is 10.1. The van der Waals surface area contributed by atoms with Crippen LogP contribution in [0.4, 0.5) is 0 Å². The van der Waals surface area contributed by atoms with Crippen molar-refractivity contribution in [3.05, 3.63) is 58.3 Å². The number of rotatable bonds is 3. The SMILES string of the molecule is CC(=O)SCCc1ccc2sc3ccccc3c(=O)c2c1. The van der Waals surface area contributed by atoms with Gasteiger partial charge < -0.3 is 0 Å². The fourth-order valence-electron chi connectivity index (χ4n) is 2.32. The first-order valence-corrected chi connectivity index (χ1v) is 8.53. The topological polar surface area (TPSA) is 34.1 Å². The van der Waals surface area contributed by atoms with Gasteiger partial charge in [0.1, 0.15) is 0 Å². The third kappa shape index (κ3) is 3.01. The molecule has 0 N–H and O–H groups in total. The van der Waals surface area contributed by atoms with E-state index in [2.05, 4.69) is 0 Å². The summed E-state index contributed by atoms with van der Waals surface area (Å²) in [5, 5.41) is 1.70. The molecule has 0 saturated heterocycles. The molecule has 4 heteroatoms. The molecule has 0 fully saturated rings. The lowest BCUT2D eigenvalue weighted by molar-refractivity contribution is -0.109. The second-order valence-electron chi connectivity index (χ2n) is 4.85. The van der Waals surface area contributed by atoms with Gasteiger partial charge in [-0.25, -0.2) is 0 Å². The minimum absolute atomic E-state index is 0.0976. The molecule has 0 radical (unpaired) electrons. The van der Waals surface area contributed by atoms with E-state index in [1.165, 1.54) is 11.8 Å². The lowest BCUT2D eigenvalue weighted by Gasteiger charge is -2.04. The van der Waals surface area contributed by atoms with Gasteiger partial charge in [0.2, 0.25) is 0 Å². The largest absolute Gasteiger partial charge is 0.289 e. The van der Waals surface area contributed by atoms with Gasteiger partial charge >= 0.3 is 0 Å². The van der Waals surface area contributed by atoms with E-state index in [1.54, 1.807) is 18.3 Å². The van der Waals surface area contributed by atoms with Crippen LogP contribution in [0.15, 0.2) is 47.3 Å². The summed E-state index contributed by atoms with van der Waals surface area (Å²) in [7, 11) is 0. The first-order chi connectivity index (χ1) is 10.1. The summed E-state index contributed by atoms with van der Waals surface area (Å²) in [6, 6.07) is 13.8. The Morgan fingerprint density at radius 2 is 1.86 bits per heavy atom. The number of thioether (sulfide) groups is 1. The van der Waals surface area contributed by atoms with E-state index < -0.39 is 0 Å². The molecular weight excluding hydrogens is 300 g/mol. The molecule has 0 spiro atoms. The van der Waals surface area contributed by atoms with Crippen LogP contribution in [0.2, 0.25) is 0 Å². The smallest absolute Gasteiger partial charge is 0.195 e. The molecule has 0 atom stereocenters.